The van der Waals surface area contributed by atoms with Gasteiger partial charge in [0.05, 0.1) is 12.9 Å². The van der Waals surface area contributed by atoms with Crippen molar-refractivity contribution in [2.45, 2.75) is 39.3 Å². The maximum absolute atomic E-state index is 11.7. The fourth-order valence-corrected chi connectivity index (χ4v) is 2.65. The molecule has 0 radical (unpaired) electrons. The number of nitrogens with zero attached hydrogens (tertiary/aromatic N) is 2. The minimum atomic E-state index is -1.07. The maximum Gasteiger partial charge on any atom is 0.354 e. The van der Waals surface area contributed by atoms with E-state index in [2.05, 4.69) is 29.6 Å². The molecule has 0 aliphatic rings. The third-order valence-corrected chi connectivity index (χ3v) is 4.83. The summed E-state index contributed by atoms with van der Waals surface area (Å²) in [7, 11) is -1.07. The predicted molar refractivity (Wildman–Crippen MR) is 84.1 cm³/mol. The van der Waals surface area contributed by atoms with Crippen LogP contribution < -0.4 is 0 Å². The van der Waals surface area contributed by atoms with Crippen LogP contribution >= 0.6 is 0 Å². The lowest BCUT2D eigenvalue weighted by molar-refractivity contribution is 0.0520. The van der Waals surface area contributed by atoms with Crippen LogP contribution in [0.15, 0.2) is 12.4 Å². The number of ether oxygens (including phenoxy) is 2. The molecule has 0 saturated carbocycles. The molecule has 1 N–H and O–H groups in total. The quantitative estimate of drug-likeness (QED) is 0.485. The molecular weight excluding hydrogens is 286 g/mol. The zero-order chi connectivity index (χ0) is 15.5. The zero-order valence-electron chi connectivity index (χ0n) is 13.1. The van der Waals surface area contributed by atoms with Crippen molar-refractivity contribution in [3.63, 3.8) is 0 Å². The Morgan fingerprint density at radius 2 is 2.19 bits per heavy atom. The van der Waals surface area contributed by atoms with Gasteiger partial charge in [0.1, 0.15) is 23.6 Å². The molecule has 7 heteroatoms. The minimum absolute atomic E-state index is 0.356. The maximum atomic E-state index is 11.7. The molecule has 0 spiro atoms. The monoisotopic (exact) mass is 309 g/mol. The summed E-state index contributed by atoms with van der Waals surface area (Å²) in [5.74, 6) is -0.360. The summed E-state index contributed by atoms with van der Waals surface area (Å²) in [5.41, 5.74) is 1.95. The van der Waals surface area contributed by atoms with E-state index in [4.69, 9.17) is 9.47 Å². The number of imidazole rings is 1. The first-order valence-corrected chi connectivity index (χ1v) is 10.9. The highest BCUT2D eigenvalue weighted by Gasteiger charge is 2.15. The number of carbonyl (C=O) groups excluding carboxylic acids is 1. The number of hydrogen-bond acceptors (Lipinski definition) is 4. The smallest absolute Gasteiger partial charge is 0.354 e. The van der Waals surface area contributed by atoms with E-state index in [0.29, 0.717) is 19.0 Å². The lowest BCUT2D eigenvalue weighted by Gasteiger charge is -2.15. The molecule has 0 aliphatic heterocycles. The van der Waals surface area contributed by atoms with E-state index in [9.17, 15) is 4.79 Å². The van der Waals surface area contributed by atoms with Gasteiger partial charge in [-0.05, 0) is 19.0 Å². The van der Waals surface area contributed by atoms with Gasteiger partial charge in [0.25, 0.3) is 0 Å². The number of carbonyl (C=O) groups is 1. The average Bonchev–Trinajstić information content (AvgIpc) is 2.94. The van der Waals surface area contributed by atoms with Gasteiger partial charge < -0.3 is 14.5 Å². The Balaban J connectivity index is 1.99. The Morgan fingerprint density at radius 1 is 1.43 bits per heavy atom. The van der Waals surface area contributed by atoms with Crippen molar-refractivity contribution in [2.75, 3.05) is 13.2 Å². The van der Waals surface area contributed by atoms with Gasteiger partial charge >= 0.3 is 5.97 Å². The SMILES string of the molecule is CCOC(=O)c1cc2ncn(COCC[Si](C)(C)C)c2[nH]1. The normalized spacial score (nSPS) is 12.0. The zero-order valence-corrected chi connectivity index (χ0v) is 14.1. The molecule has 2 rings (SSSR count). The topological polar surface area (TPSA) is 69.1 Å². The average molecular weight is 309 g/mol. The molecule has 2 aromatic rings. The van der Waals surface area contributed by atoms with E-state index >= 15 is 0 Å². The predicted octanol–water partition coefficient (Wildman–Crippen LogP) is 2.85. The van der Waals surface area contributed by atoms with Gasteiger partial charge in [0.2, 0.25) is 0 Å². The number of nitrogens with one attached hydrogen (secondary N) is 1. The van der Waals surface area contributed by atoms with Crippen molar-refractivity contribution in [3.8, 4) is 0 Å². The van der Waals surface area contributed by atoms with Crippen molar-refractivity contribution >= 4 is 25.2 Å². The lowest BCUT2D eigenvalue weighted by atomic mass is 10.4. The molecule has 0 bridgehead atoms. The standard InChI is InChI=1S/C14H23N3O3Si/c1-5-20-14(18)12-8-11-13(16-12)17(9-15-11)10-19-6-7-21(2,3)4/h8-9,16H,5-7,10H2,1-4H3. The van der Waals surface area contributed by atoms with Crippen LogP contribution in [-0.2, 0) is 16.2 Å². The summed E-state index contributed by atoms with van der Waals surface area (Å²) in [6.45, 7) is 10.3. The first-order chi connectivity index (χ1) is 9.90. The van der Waals surface area contributed by atoms with Gasteiger partial charge in [-0.25, -0.2) is 9.78 Å². The molecule has 0 aliphatic carbocycles. The Labute approximate surface area is 125 Å². The number of fused-ring (bicyclic) bond motifs is 1. The van der Waals surface area contributed by atoms with E-state index in [1.54, 1.807) is 19.3 Å². The molecule has 0 unspecified atom stereocenters. The Morgan fingerprint density at radius 3 is 2.86 bits per heavy atom. The van der Waals surface area contributed by atoms with Gasteiger partial charge in [-0.1, -0.05) is 19.6 Å². The third kappa shape index (κ3) is 4.18. The summed E-state index contributed by atoms with van der Waals surface area (Å²) < 4.78 is 12.5. The van der Waals surface area contributed by atoms with Crippen LogP contribution in [0.5, 0.6) is 0 Å². The molecule has 2 heterocycles. The van der Waals surface area contributed by atoms with E-state index in [1.165, 1.54) is 0 Å². The lowest BCUT2D eigenvalue weighted by Crippen LogP contribution is -2.22. The van der Waals surface area contributed by atoms with Gasteiger partial charge in [0, 0.05) is 14.7 Å². The second-order valence-corrected chi connectivity index (χ2v) is 11.8. The summed E-state index contributed by atoms with van der Waals surface area (Å²) in [6.07, 6.45) is 1.71. The number of rotatable bonds is 7. The third-order valence-electron chi connectivity index (χ3n) is 3.12. The molecule has 116 valence electrons. The van der Waals surface area contributed by atoms with Crippen LogP contribution in [0.2, 0.25) is 25.7 Å². The summed E-state index contributed by atoms with van der Waals surface area (Å²) in [4.78, 5) is 19.0. The van der Waals surface area contributed by atoms with Gasteiger partial charge in [-0.15, -0.1) is 0 Å². The van der Waals surface area contributed by atoms with Crippen molar-refractivity contribution in [1.29, 1.82) is 0 Å². The molecule has 0 fully saturated rings. The second kappa shape index (κ2) is 6.44. The van der Waals surface area contributed by atoms with Crippen LogP contribution in [0.4, 0.5) is 0 Å². The first-order valence-electron chi connectivity index (χ1n) is 7.19. The van der Waals surface area contributed by atoms with Crippen LogP contribution in [0.1, 0.15) is 17.4 Å². The Kier molecular flexibility index (Phi) is 4.84. The highest BCUT2D eigenvalue weighted by molar-refractivity contribution is 6.76. The van der Waals surface area contributed by atoms with Crippen molar-refractivity contribution < 1.29 is 14.3 Å². The molecule has 0 amide bonds. The van der Waals surface area contributed by atoms with E-state index in [0.717, 1.165) is 23.8 Å². The number of H-pyrrole nitrogens is 1. The molecular formula is C14H23N3O3Si. The molecule has 21 heavy (non-hydrogen) atoms. The van der Waals surface area contributed by atoms with E-state index in [1.807, 2.05) is 4.57 Å². The fraction of sp³-hybridized carbons (Fsp3) is 0.571. The minimum Gasteiger partial charge on any atom is -0.461 e. The number of esters is 1. The summed E-state index contributed by atoms with van der Waals surface area (Å²) in [6, 6.07) is 2.83. The largest absolute Gasteiger partial charge is 0.461 e. The molecule has 0 saturated heterocycles. The van der Waals surface area contributed by atoms with Crippen molar-refractivity contribution in [3.05, 3.63) is 18.1 Å². The van der Waals surface area contributed by atoms with E-state index in [-0.39, 0.29) is 5.97 Å². The number of aromatic nitrogens is 3. The summed E-state index contributed by atoms with van der Waals surface area (Å²) in [5, 5.41) is 0. The van der Waals surface area contributed by atoms with Crippen molar-refractivity contribution in [1.82, 2.24) is 14.5 Å². The van der Waals surface area contributed by atoms with Crippen LogP contribution in [0.25, 0.3) is 11.2 Å². The molecule has 6 nitrogen and oxygen atoms in total. The first kappa shape index (κ1) is 15.8. The number of aromatic amines is 1. The van der Waals surface area contributed by atoms with Crippen molar-refractivity contribution in [2.24, 2.45) is 0 Å². The Bertz CT molecular complexity index is 613. The van der Waals surface area contributed by atoms with E-state index < -0.39 is 8.07 Å². The van der Waals surface area contributed by atoms with Gasteiger partial charge in [-0.3, -0.25) is 4.57 Å². The second-order valence-electron chi connectivity index (χ2n) is 6.20. The highest BCUT2D eigenvalue weighted by Crippen LogP contribution is 2.15. The van der Waals surface area contributed by atoms with Crippen LogP contribution in [0.3, 0.4) is 0 Å². The molecule has 0 aromatic carbocycles. The molecule has 0 atom stereocenters. The van der Waals surface area contributed by atoms with Gasteiger partial charge in [0.15, 0.2) is 0 Å². The number of hydrogen-bond donors (Lipinski definition) is 1. The highest BCUT2D eigenvalue weighted by atomic mass is 28.3. The Hall–Kier alpha value is -1.60. The molecule has 2 aromatic heterocycles. The fourth-order valence-electron chi connectivity index (χ4n) is 1.90. The van der Waals surface area contributed by atoms with Crippen LogP contribution in [-0.4, -0.2) is 41.8 Å². The van der Waals surface area contributed by atoms with Crippen LogP contribution in [0, 0.1) is 0 Å². The van der Waals surface area contributed by atoms with Gasteiger partial charge in [-0.2, -0.15) is 0 Å². The summed E-state index contributed by atoms with van der Waals surface area (Å²) >= 11 is 0.